The van der Waals surface area contributed by atoms with Crippen molar-refractivity contribution in [3.8, 4) is 5.69 Å². The number of imidazole rings is 1. The van der Waals surface area contributed by atoms with Gasteiger partial charge in [-0.15, -0.1) is 0 Å². The normalized spacial score (nSPS) is 15.8. The van der Waals surface area contributed by atoms with E-state index in [1.807, 2.05) is 43.5 Å². The molecule has 6 heteroatoms. The summed E-state index contributed by atoms with van der Waals surface area (Å²) in [6.07, 6.45) is 6.34. The highest BCUT2D eigenvalue weighted by atomic mass is 35.5. The van der Waals surface area contributed by atoms with Crippen LogP contribution in [0.2, 0.25) is 5.02 Å². The first-order valence-electron chi connectivity index (χ1n) is 10.3. The average molecular weight is 423 g/mol. The van der Waals surface area contributed by atoms with Gasteiger partial charge in [-0.3, -0.25) is 18.9 Å². The maximum absolute atomic E-state index is 12.9. The highest BCUT2D eigenvalue weighted by molar-refractivity contribution is 6.30. The molecule has 0 N–H and O–H groups in total. The standard InChI is InChI=1S/C24H27ClN4O/c1-20-18-28(24(30)29(20)23-11-9-22(25)10-12-23)19-27-16-14-26(15-17-27)13-5-8-21-6-3-2-4-7-21/h2-12,18H,13-17,19H2,1H3/b8-5+. The number of nitrogens with zero attached hydrogens (tertiary/aromatic N) is 4. The lowest BCUT2D eigenvalue weighted by atomic mass is 10.2. The SMILES string of the molecule is Cc1cn(CN2CCN(C/C=C/c3ccccc3)CC2)c(=O)n1-c1ccc(Cl)cc1. The minimum Gasteiger partial charge on any atom is -0.297 e. The van der Waals surface area contributed by atoms with Crippen LogP contribution in [0.25, 0.3) is 11.8 Å². The van der Waals surface area contributed by atoms with E-state index in [2.05, 4.69) is 46.2 Å². The molecule has 2 aromatic carbocycles. The summed E-state index contributed by atoms with van der Waals surface area (Å²) < 4.78 is 3.54. The number of halogens is 1. The molecule has 5 nitrogen and oxygen atoms in total. The summed E-state index contributed by atoms with van der Waals surface area (Å²) in [6, 6.07) is 17.8. The summed E-state index contributed by atoms with van der Waals surface area (Å²) >= 11 is 5.98. The Balaban J connectivity index is 1.33. The van der Waals surface area contributed by atoms with E-state index in [0.29, 0.717) is 11.7 Å². The van der Waals surface area contributed by atoms with Crippen LogP contribution in [-0.4, -0.2) is 51.7 Å². The zero-order chi connectivity index (χ0) is 20.9. The Hall–Kier alpha value is -2.60. The van der Waals surface area contributed by atoms with Gasteiger partial charge in [0.05, 0.1) is 12.4 Å². The third kappa shape index (κ3) is 4.93. The van der Waals surface area contributed by atoms with Crippen molar-refractivity contribution in [2.75, 3.05) is 32.7 Å². The van der Waals surface area contributed by atoms with Crippen molar-refractivity contribution < 1.29 is 0 Å². The van der Waals surface area contributed by atoms with Gasteiger partial charge >= 0.3 is 5.69 Å². The van der Waals surface area contributed by atoms with E-state index in [1.165, 1.54) is 5.56 Å². The van der Waals surface area contributed by atoms with Gasteiger partial charge in [0.1, 0.15) is 0 Å². The summed E-state index contributed by atoms with van der Waals surface area (Å²) in [5.41, 5.74) is 2.99. The molecule has 0 amide bonds. The molecule has 30 heavy (non-hydrogen) atoms. The molecule has 0 atom stereocenters. The van der Waals surface area contributed by atoms with E-state index >= 15 is 0 Å². The van der Waals surface area contributed by atoms with Crippen LogP contribution < -0.4 is 5.69 Å². The molecular weight excluding hydrogens is 396 g/mol. The zero-order valence-electron chi connectivity index (χ0n) is 17.2. The summed E-state index contributed by atoms with van der Waals surface area (Å²) in [5.74, 6) is 0. The number of rotatable bonds is 6. The molecule has 1 aliphatic rings. The lowest BCUT2D eigenvalue weighted by molar-refractivity contribution is 0.114. The van der Waals surface area contributed by atoms with Gasteiger partial charge in [-0.2, -0.15) is 0 Å². The van der Waals surface area contributed by atoms with Crippen LogP contribution >= 0.6 is 11.6 Å². The van der Waals surface area contributed by atoms with Crippen molar-refractivity contribution in [2.24, 2.45) is 0 Å². The lowest BCUT2D eigenvalue weighted by Gasteiger charge is -2.34. The number of benzene rings is 2. The van der Waals surface area contributed by atoms with E-state index in [-0.39, 0.29) is 5.69 Å². The monoisotopic (exact) mass is 422 g/mol. The average Bonchev–Trinajstić information content (AvgIpc) is 3.04. The molecule has 1 aromatic heterocycles. The summed E-state index contributed by atoms with van der Waals surface area (Å²) in [7, 11) is 0. The van der Waals surface area contributed by atoms with Gasteiger partial charge in [0.25, 0.3) is 0 Å². The van der Waals surface area contributed by atoms with Crippen LogP contribution in [0.15, 0.2) is 71.7 Å². The van der Waals surface area contributed by atoms with E-state index in [1.54, 1.807) is 9.13 Å². The van der Waals surface area contributed by atoms with E-state index < -0.39 is 0 Å². The zero-order valence-corrected chi connectivity index (χ0v) is 18.0. The van der Waals surface area contributed by atoms with Crippen LogP contribution in [-0.2, 0) is 6.67 Å². The van der Waals surface area contributed by atoms with E-state index in [9.17, 15) is 4.79 Å². The molecule has 2 heterocycles. The van der Waals surface area contributed by atoms with E-state index in [0.717, 1.165) is 44.1 Å². The Morgan fingerprint density at radius 3 is 2.30 bits per heavy atom. The number of aromatic nitrogens is 2. The topological polar surface area (TPSA) is 33.4 Å². The van der Waals surface area contributed by atoms with Crippen LogP contribution in [0.5, 0.6) is 0 Å². The smallest absolute Gasteiger partial charge is 0.297 e. The molecule has 0 radical (unpaired) electrons. The molecule has 0 aliphatic carbocycles. The van der Waals surface area contributed by atoms with E-state index in [4.69, 9.17) is 11.6 Å². The molecule has 1 aliphatic heterocycles. The molecule has 0 unspecified atom stereocenters. The fraction of sp³-hybridized carbons (Fsp3) is 0.292. The quantitative estimate of drug-likeness (QED) is 0.604. The largest absolute Gasteiger partial charge is 0.334 e. The van der Waals surface area contributed by atoms with Crippen LogP contribution in [0.4, 0.5) is 0 Å². The van der Waals surface area contributed by atoms with Gasteiger partial charge < -0.3 is 0 Å². The second-order valence-electron chi connectivity index (χ2n) is 7.71. The maximum atomic E-state index is 12.9. The number of piperazine rings is 1. The Kier molecular flexibility index (Phi) is 6.53. The molecule has 156 valence electrons. The van der Waals surface area contributed by atoms with Crippen molar-refractivity contribution in [2.45, 2.75) is 13.6 Å². The van der Waals surface area contributed by atoms with Crippen molar-refractivity contribution in [3.63, 3.8) is 0 Å². The highest BCUT2D eigenvalue weighted by Gasteiger charge is 2.18. The fourth-order valence-electron chi connectivity index (χ4n) is 3.85. The molecule has 1 fully saturated rings. The maximum Gasteiger partial charge on any atom is 0.334 e. The lowest BCUT2D eigenvalue weighted by Crippen LogP contribution is -2.47. The Morgan fingerprint density at radius 1 is 0.933 bits per heavy atom. The van der Waals surface area contributed by atoms with Gasteiger partial charge in [-0.05, 0) is 36.8 Å². The third-order valence-electron chi connectivity index (χ3n) is 5.51. The van der Waals surface area contributed by atoms with Crippen molar-refractivity contribution in [1.29, 1.82) is 0 Å². The van der Waals surface area contributed by atoms with Crippen LogP contribution in [0, 0.1) is 6.92 Å². The number of aryl methyl sites for hydroxylation is 1. The third-order valence-corrected chi connectivity index (χ3v) is 5.76. The van der Waals surface area contributed by atoms with Crippen molar-refractivity contribution in [1.82, 2.24) is 18.9 Å². The first kappa shape index (κ1) is 20.7. The fourth-order valence-corrected chi connectivity index (χ4v) is 3.98. The van der Waals surface area contributed by atoms with Gasteiger partial charge in [-0.25, -0.2) is 4.79 Å². The van der Waals surface area contributed by atoms with Crippen LogP contribution in [0.3, 0.4) is 0 Å². The molecule has 0 bridgehead atoms. The first-order valence-corrected chi connectivity index (χ1v) is 10.7. The second kappa shape index (κ2) is 9.47. The Morgan fingerprint density at radius 2 is 1.60 bits per heavy atom. The summed E-state index contributed by atoms with van der Waals surface area (Å²) in [5, 5.41) is 0.667. The predicted molar refractivity (Wildman–Crippen MR) is 123 cm³/mol. The minimum atomic E-state index is -0.0111. The van der Waals surface area contributed by atoms with Gasteiger partial charge in [0.2, 0.25) is 0 Å². The first-order chi connectivity index (χ1) is 14.6. The summed E-state index contributed by atoms with van der Waals surface area (Å²) in [6.45, 7) is 7.45. The molecule has 3 aromatic rings. The molecule has 0 saturated carbocycles. The van der Waals surface area contributed by atoms with Gasteiger partial charge in [-0.1, -0.05) is 54.1 Å². The molecule has 4 rings (SSSR count). The Labute approximate surface area is 182 Å². The molecule has 1 saturated heterocycles. The number of hydrogen-bond acceptors (Lipinski definition) is 3. The summed E-state index contributed by atoms with van der Waals surface area (Å²) in [4.78, 5) is 17.7. The van der Waals surface area contributed by atoms with Gasteiger partial charge in [0, 0.05) is 49.6 Å². The Bertz CT molecular complexity index is 1050. The highest BCUT2D eigenvalue weighted by Crippen LogP contribution is 2.14. The molecule has 0 spiro atoms. The van der Waals surface area contributed by atoms with Gasteiger partial charge in [0.15, 0.2) is 0 Å². The van der Waals surface area contributed by atoms with Crippen molar-refractivity contribution >= 4 is 17.7 Å². The minimum absolute atomic E-state index is 0.0111. The number of hydrogen-bond donors (Lipinski definition) is 0. The van der Waals surface area contributed by atoms with Crippen LogP contribution in [0.1, 0.15) is 11.3 Å². The predicted octanol–water partition coefficient (Wildman–Crippen LogP) is 3.89. The molecular formula is C24H27ClN4O. The second-order valence-corrected chi connectivity index (χ2v) is 8.14. The van der Waals surface area contributed by atoms with Crippen molar-refractivity contribution in [3.05, 3.63) is 93.6 Å².